The minimum absolute atomic E-state index is 0.403. The number of aryl methyl sites for hydroxylation is 3. The maximum absolute atomic E-state index is 13.3. The fourth-order valence-electron chi connectivity index (χ4n) is 2.99. The SMILES string of the molecule is Cc1ccc([C@@H](c2ccccc2)S(=O)(=O)Oc2c(C)cccc2C)cc1. The second-order valence-electron chi connectivity index (χ2n) is 6.50. The van der Waals surface area contributed by atoms with Crippen LogP contribution in [0.1, 0.15) is 33.1 Å². The topological polar surface area (TPSA) is 43.4 Å². The van der Waals surface area contributed by atoms with E-state index in [-0.39, 0.29) is 0 Å². The third-order valence-electron chi connectivity index (χ3n) is 4.38. The summed E-state index contributed by atoms with van der Waals surface area (Å²) in [5.74, 6) is 0.403. The van der Waals surface area contributed by atoms with Gasteiger partial charge in [0.25, 0.3) is 0 Å². The van der Waals surface area contributed by atoms with Crippen LogP contribution < -0.4 is 4.18 Å². The zero-order valence-electron chi connectivity index (χ0n) is 15.1. The van der Waals surface area contributed by atoms with Crippen LogP contribution in [0.25, 0.3) is 0 Å². The number of hydrogen-bond acceptors (Lipinski definition) is 3. The molecule has 0 aliphatic rings. The average molecular weight is 366 g/mol. The average Bonchev–Trinajstić information content (AvgIpc) is 2.61. The van der Waals surface area contributed by atoms with Crippen molar-refractivity contribution in [2.75, 3.05) is 0 Å². The van der Waals surface area contributed by atoms with Gasteiger partial charge in [-0.15, -0.1) is 0 Å². The van der Waals surface area contributed by atoms with E-state index in [1.165, 1.54) is 0 Å². The first-order chi connectivity index (χ1) is 12.4. The molecule has 0 amide bonds. The first-order valence-corrected chi connectivity index (χ1v) is 9.96. The summed E-state index contributed by atoms with van der Waals surface area (Å²) in [6.45, 7) is 5.67. The molecule has 0 N–H and O–H groups in total. The fraction of sp³-hybridized carbons (Fsp3) is 0.182. The zero-order valence-corrected chi connectivity index (χ0v) is 16.0. The number of hydrogen-bond donors (Lipinski definition) is 0. The first-order valence-electron chi connectivity index (χ1n) is 8.49. The van der Waals surface area contributed by atoms with Gasteiger partial charge < -0.3 is 4.18 Å². The standard InChI is InChI=1S/C22H22O3S/c1-16-12-14-20(15-13-16)22(19-10-5-4-6-11-19)26(23,24)25-21-17(2)8-7-9-18(21)3/h4-15,22H,1-3H3/t22-/m1/s1. The molecule has 0 radical (unpaired) electrons. The number of para-hydroxylation sites is 1. The molecule has 0 bridgehead atoms. The molecule has 0 heterocycles. The van der Waals surface area contributed by atoms with Crippen LogP contribution in [-0.2, 0) is 10.1 Å². The third kappa shape index (κ3) is 3.81. The van der Waals surface area contributed by atoms with Crippen molar-refractivity contribution in [2.45, 2.75) is 26.0 Å². The van der Waals surface area contributed by atoms with Crippen LogP contribution in [0.5, 0.6) is 5.75 Å². The van der Waals surface area contributed by atoms with Crippen molar-refractivity contribution in [3.05, 3.63) is 101 Å². The van der Waals surface area contributed by atoms with Gasteiger partial charge in [-0.3, -0.25) is 0 Å². The van der Waals surface area contributed by atoms with Crippen LogP contribution in [-0.4, -0.2) is 8.42 Å². The summed E-state index contributed by atoms with van der Waals surface area (Å²) in [5, 5.41) is -0.886. The van der Waals surface area contributed by atoms with E-state index in [1.54, 1.807) is 0 Å². The van der Waals surface area contributed by atoms with Gasteiger partial charge in [0.15, 0.2) is 0 Å². The molecule has 1 atom stereocenters. The molecule has 3 nitrogen and oxygen atoms in total. The second kappa shape index (κ2) is 7.34. The van der Waals surface area contributed by atoms with E-state index in [0.717, 1.165) is 16.7 Å². The highest BCUT2D eigenvalue weighted by molar-refractivity contribution is 7.87. The summed E-state index contributed by atoms with van der Waals surface area (Å²) in [6.07, 6.45) is 0. The Morgan fingerprint density at radius 1 is 0.692 bits per heavy atom. The van der Waals surface area contributed by atoms with E-state index in [2.05, 4.69) is 0 Å². The minimum atomic E-state index is -3.94. The van der Waals surface area contributed by atoms with Gasteiger partial charge in [0.2, 0.25) is 0 Å². The summed E-state index contributed by atoms with van der Waals surface area (Å²) in [4.78, 5) is 0. The summed E-state index contributed by atoms with van der Waals surface area (Å²) in [5.41, 5.74) is 4.04. The van der Waals surface area contributed by atoms with E-state index in [9.17, 15) is 8.42 Å². The van der Waals surface area contributed by atoms with Crippen LogP contribution in [0, 0.1) is 20.8 Å². The van der Waals surface area contributed by atoms with Crippen LogP contribution in [0.15, 0.2) is 72.8 Å². The predicted octanol–water partition coefficient (Wildman–Crippen LogP) is 5.11. The van der Waals surface area contributed by atoms with E-state index in [1.807, 2.05) is 93.6 Å². The maximum Gasteiger partial charge on any atom is 0.320 e. The lowest BCUT2D eigenvalue weighted by atomic mass is 10.0. The van der Waals surface area contributed by atoms with Gasteiger partial charge in [-0.1, -0.05) is 78.4 Å². The molecule has 0 saturated heterocycles. The Bertz CT molecular complexity index is 971. The number of benzene rings is 3. The van der Waals surface area contributed by atoms with Crippen molar-refractivity contribution in [3.8, 4) is 5.75 Å². The summed E-state index contributed by atoms with van der Waals surface area (Å²) in [7, 11) is -3.94. The van der Waals surface area contributed by atoms with Crippen molar-refractivity contribution in [1.82, 2.24) is 0 Å². The summed E-state index contributed by atoms with van der Waals surface area (Å²) >= 11 is 0. The van der Waals surface area contributed by atoms with Gasteiger partial charge in [-0.2, -0.15) is 8.42 Å². The van der Waals surface area contributed by atoms with Crippen molar-refractivity contribution in [1.29, 1.82) is 0 Å². The Hall–Kier alpha value is -2.59. The van der Waals surface area contributed by atoms with E-state index < -0.39 is 15.4 Å². The van der Waals surface area contributed by atoms with E-state index in [0.29, 0.717) is 16.9 Å². The Kier molecular flexibility index (Phi) is 5.14. The molecular weight excluding hydrogens is 344 g/mol. The van der Waals surface area contributed by atoms with Gasteiger partial charge in [-0.05, 0) is 43.0 Å². The molecule has 0 fully saturated rings. The quantitative estimate of drug-likeness (QED) is 0.589. The molecular formula is C22H22O3S. The van der Waals surface area contributed by atoms with Crippen LogP contribution in [0.4, 0.5) is 0 Å². The second-order valence-corrected chi connectivity index (χ2v) is 8.12. The molecule has 0 spiro atoms. The maximum atomic E-state index is 13.3. The Morgan fingerprint density at radius 2 is 1.23 bits per heavy atom. The van der Waals surface area contributed by atoms with Crippen molar-refractivity contribution < 1.29 is 12.6 Å². The molecule has 0 aliphatic heterocycles. The van der Waals surface area contributed by atoms with Gasteiger partial charge in [0, 0.05) is 0 Å². The molecule has 26 heavy (non-hydrogen) atoms. The van der Waals surface area contributed by atoms with Crippen molar-refractivity contribution in [3.63, 3.8) is 0 Å². The van der Waals surface area contributed by atoms with E-state index >= 15 is 0 Å². The summed E-state index contributed by atoms with van der Waals surface area (Å²) < 4.78 is 32.2. The van der Waals surface area contributed by atoms with Gasteiger partial charge in [0.05, 0.1) is 0 Å². The van der Waals surface area contributed by atoms with Crippen molar-refractivity contribution >= 4 is 10.1 Å². The highest BCUT2D eigenvalue weighted by atomic mass is 32.2. The first kappa shape index (κ1) is 18.2. The zero-order chi connectivity index (χ0) is 18.7. The monoisotopic (exact) mass is 366 g/mol. The molecule has 3 aromatic carbocycles. The predicted molar refractivity (Wildman–Crippen MR) is 105 cm³/mol. The lowest BCUT2D eigenvalue weighted by Crippen LogP contribution is -2.21. The molecule has 3 aromatic rings. The molecule has 3 rings (SSSR count). The molecule has 0 unspecified atom stereocenters. The molecule has 0 saturated carbocycles. The number of rotatable bonds is 5. The smallest absolute Gasteiger partial charge is 0.320 e. The largest absolute Gasteiger partial charge is 0.381 e. The molecule has 134 valence electrons. The third-order valence-corrected chi connectivity index (χ3v) is 5.90. The fourth-order valence-corrected chi connectivity index (χ4v) is 4.56. The Morgan fingerprint density at radius 3 is 1.81 bits per heavy atom. The molecule has 0 aliphatic carbocycles. The molecule has 4 heteroatoms. The normalized spacial score (nSPS) is 12.6. The van der Waals surface area contributed by atoms with E-state index in [4.69, 9.17) is 4.18 Å². The van der Waals surface area contributed by atoms with Gasteiger partial charge in [0.1, 0.15) is 11.0 Å². The van der Waals surface area contributed by atoms with Crippen LogP contribution in [0.2, 0.25) is 0 Å². The highest BCUT2D eigenvalue weighted by Gasteiger charge is 2.32. The highest BCUT2D eigenvalue weighted by Crippen LogP contribution is 2.34. The van der Waals surface area contributed by atoms with Gasteiger partial charge in [-0.25, -0.2) is 0 Å². The van der Waals surface area contributed by atoms with Crippen LogP contribution in [0.3, 0.4) is 0 Å². The molecule has 0 aromatic heterocycles. The minimum Gasteiger partial charge on any atom is -0.381 e. The van der Waals surface area contributed by atoms with Gasteiger partial charge >= 0.3 is 10.1 Å². The Labute approximate surface area is 155 Å². The van der Waals surface area contributed by atoms with Crippen LogP contribution >= 0.6 is 0 Å². The lowest BCUT2D eigenvalue weighted by molar-refractivity contribution is 0.475. The lowest BCUT2D eigenvalue weighted by Gasteiger charge is -2.20. The van der Waals surface area contributed by atoms with Crippen molar-refractivity contribution in [2.24, 2.45) is 0 Å². The Balaban J connectivity index is 2.10. The summed E-state index contributed by atoms with van der Waals surface area (Å²) in [6, 6.07) is 22.3.